The highest BCUT2D eigenvalue weighted by Gasteiger charge is 2.31. The van der Waals surface area contributed by atoms with Gasteiger partial charge >= 0.3 is 5.97 Å². The standard InChI is InChI=1S/C21H16N2O4S/c1-23-19(10-6-12-25)22-17(9-5-11-24)16-13-18(28-20(16)23)21(26)27-14-15-7-3-2-4-8-15/h2-4,7-8,11-13,17,19,22H,14H2,1H3. The highest BCUT2D eigenvalue weighted by Crippen LogP contribution is 2.39. The smallest absolute Gasteiger partial charge is 0.348 e. The molecule has 0 bridgehead atoms. The first kappa shape index (κ1) is 19.4. The second-order valence-electron chi connectivity index (χ2n) is 5.86. The Morgan fingerprint density at radius 3 is 2.64 bits per heavy atom. The summed E-state index contributed by atoms with van der Waals surface area (Å²) in [5, 5.41) is 3.93. The van der Waals surface area contributed by atoms with Crippen LogP contribution in [0.4, 0.5) is 5.00 Å². The number of rotatable bonds is 3. The molecule has 1 aromatic carbocycles. The van der Waals surface area contributed by atoms with Gasteiger partial charge in [0.25, 0.3) is 0 Å². The third-order valence-corrected chi connectivity index (χ3v) is 5.28. The number of nitrogens with zero attached hydrogens (tertiary/aromatic N) is 1. The van der Waals surface area contributed by atoms with E-state index in [0.29, 0.717) is 17.4 Å². The van der Waals surface area contributed by atoms with E-state index >= 15 is 0 Å². The van der Waals surface area contributed by atoms with Crippen LogP contribution in [0, 0.1) is 23.7 Å². The van der Waals surface area contributed by atoms with Gasteiger partial charge in [0.15, 0.2) is 12.6 Å². The average Bonchev–Trinajstić information content (AvgIpc) is 3.18. The first-order chi connectivity index (χ1) is 13.6. The number of fused-ring (bicyclic) bond motifs is 1. The molecule has 1 aromatic heterocycles. The number of nitrogens with one attached hydrogen (secondary N) is 1. The molecule has 2 unspecified atom stereocenters. The van der Waals surface area contributed by atoms with E-state index in [1.807, 2.05) is 35.2 Å². The fraction of sp³-hybridized carbons (Fsp3) is 0.190. The Bertz CT molecular complexity index is 1010. The van der Waals surface area contributed by atoms with Crippen molar-refractivity contribution in [2.45, 2.75) is 18.8 Å². The first-order valence-corrected chi connectivity index (χ1v) is 9.18. The number of esters is 1. The maximum absolute atomic E-state index is 12.5. The van der Waals surface area contributed by atoms with Crippen LogP contribution in [-0.4, -0.2) is 31.8 Å². The summed E-state index contributed by atoms with van der Waals surface area (Å²) in [7, 11) is 1.80. The largest absolute Gasteiger partial charge is 0.457 e. The van der Waals surface area contributed by atoms with Crippen molar-refractivity contribution >= 4 is 34.9 Å². The van der Waals surface area contributed by atoms with Crippen LogP contribution in [0.1, 0.15) is 26.8 Å². The van der Waals surface area contributed by atoms with Gasteiger partial charge in [-0.3, -0.25) is 14.9 Å². The topological polar surface area (TPSA) is 75.7 Å². The van der Waals surface area contributed by atoms with E-state index in [-0.39, 0.29) is 6.61 Å². The van der Waals surface area contributed by atoms with Gasteiger partial charge in [0.05, 0.1) is 5.00 Å². The van der Waals surface area contributed by atoms with Crippen molar-refractivity contribution in [3.05, 3.63) is 52.4 Å². The molecule has 0 saturated carbocycles. The van der Waals surface area contributed by atoms with Gasteiger partial charge in [-0.05, 0) is 23.5 Å². The number of hydrogen-bond donors (Lipinski definition) is 1. The van der Waals surface area contributed by atoms with E-state index in [9.17, 15) is 14.4 Å². The summed E-state index contributed by atoms with van der Waals surface area (Å²) in [5.74, 6) is 9.93. The number of thiophene rings is 1. The van der Waals surface area contributed by atoms with Crippen LogP contribution in [0.25, 0.3) is 0 Å². The van der Waals surface area contributed by atoms with Crippen LogP contribution in [0.5, 0.6) is 0 Å². The average molecular weight is 392 g/mol. The van der Waals surface area contributed by atoms with Gasteiger partial charge < -0.3 is 9.64 Å². The molecule has 0 amide bonds. The van der Waals surface area contributed by atoms with Crippen LogP contribution in [-0.2, 0) is 20.9 Å². The minimum atomic E-state index is -0.491. The lowest BCUT2D eigenvalue weighted by Crippen LogP contribution is -2.48. The maximum Gasteiger partial charge on any atom is 0.348 e. The third kappa shape index (κ3) is 4.29. The molecule has 140 valence electrons. The summed E-state index contributed by atoms with van der Waals surface area (Å²) < 4.78 is 5.40. The summed E-state index contributed by atoms with van der Waals surface area (Å²) in [6, 6.07) is 10.6. The molecular weight excluding hydrogens is 376 g/mol. The van der Waals surface area contributed by atoms with Crippen molar-refractivity contribution in [1.29, 1.82) is 0 Å². The molecule has 0 spiro atoms. The number of carbonyl (C=O) groups excluding carboxylic acids is 3. The monoisotopic (exact) mass is 392 g/mol. The lowest BCUT2D eigenvalue weighted by Gasteiger charge is -2.34. The summed E-state index contributed by atoms with van der Waals surface area (Å²) in [4.78, 5) is 36.0. The zero-order valence-corrected chi connectivity index (χ0v) is 15.8. The maximum atomic E-state index is 12.5. The lowest BCUT2D eigenvalue weighted by atomic mass is 10.1. The zero-order valence-electron chi connectivity index (χ0n) is 15.0. The van der Waals surface area contributed by atoms with Crippen LogP contribution in [0.2, 0.25) is 0 Å². The van der Waals surface area contributed by atoms with Gasteiger partial charge in [-0.25, -0.2) is 4.79 Å². The Morgan fingerprint density at radius 1 is 1.21 bits per heavy atom. The fourth-order valence-electron chi connectivity index (χ4n) is 2.74. The van der Waals surface area contributed by atoms with Crippen molar-refractivity contribution in [3.8, 4) is 23.7 Å². The molecular formula is C21H16N2O4S. The number of hydrogen-bond acceptors (Lipinski definition) is 7. The number of anilines is 1. The predicted octanol–water partition coefficient (Wildman–Crippen LogP) is 1.92. The number of benzene rings is 1. The second-order valence-corrected chi connectivity index (χ2v) is 6.89. The third-order valence-electron chi connectivity index (χ3n) is 4.06. The quantitative estimate of drug-likeness (QED) is 0.489. The predicted molar refractivity (Wildman–Crippen MR) is 106 cm³/mol. The molecule has 3 rings (SSSR count). The van der Waals surface area contributed by atoms with E-state index in [1.165, 1.54) is 11.3 Å². The van der Waals surface area contributed by atoms with Crippen LogP contribution in [0.15, 0.2) is 36.4 Å². The molecule has 1 aliphatic heterocycles. The van der Waals surface area contributed by atoms with E-state index in [1.54, 1.807) is 13.1 Å². The Morgan fingerprint density at radius 2 is 1.93 bits per heavy atom. The fourth-order valence-corrected chi connectivity index (χ4v) is 3.82. The Hall–Kier alpha value is -3.39. The molecule has 2 aromatic rings. The van der Waals surface area contributed by atoms with Crippen molar-refractivity contribution < 1.29 is 19.1 Å². The van der Waals surface area contributed by atoms with E-state index in [4.69, 9.17) is 4.74 Å². The van der Waals surface area contributed by atoms with Gasteiger partial charge in [-0.2, -0.15) is 0 Å². The van der Waals surface area contributed by atoms with E-state index < -0.39 is 18.2 Å². The summed E-state index contributed by atoms with van der Waals surface area (Å²) in [5.41, 5.74) is 1.66. The summed E-state index contributed by atoms with van der Waals surface area (Å²) in [6.07, 6.45) is 0.543. The molecule has 0 fully saturated rings. The van der Waals surface area contributed by atoms with Gasteiger partial charge in [0.2, 0.25) is 0 Å². The summed E-state index contributed by atoms with van der Waals surface area (Å²) >= 11 is 1.26. The van der Waals surface area contributed by atoms with Crippen molar-refractivity contribution in [1.82, 2.24) is 5.32 Å². The molecule has 1 N–H and O–H groups in total. The van der Waals surface area contributed by atoms with Gasteiger partial charge in [-0.15, -0.1) is 11.3 Å². The molecule has 6 nitrogen and oxygen atoms in total. The number of aldehydes is 2. The molecule has 0 saturated heterocycles. The summed E-state index contributed by atoms with van der Waals surface area (Å²) in [6.45, 7) is 0.179. The molecule has 2 atom stereocenters. The first-order valence-electron chi connectivity index (χ1n) is 8.37. The van der Waals surface area contributed by atoms with Crippen molar-refractivity contribution in [2.24, 2.45) is 0 Å². The molecule has 0 radical (unpaired) electrons. The molecule has 0 aliphatic carbocycles. The van der Waals surface area contributed by atoms with E-state index in [2.05, 4.69) is 29.0 Å². The molecule has 1 aliphatic rings. The highest BCUT2D eigenvalue weighted by molar-refractivity contribution is 7.18. The minimum Gasteiger partial charge on any atom is -0.457 e. The van der Waals surface area contributed by atoms with E-state index in [0.717, 1.165) is 16.1 Å². The second kappa shape index (κ2) is 9.01. The number of ether oxygens (including phenoxy) is 1. The molecule has 7 heteroatoms. The zero-order chi connectivity index (χ0) is 19.9. The van der Waals surface area contributed by atoms with Crippen molar-refractivity contribution in [2.75, 3.05) is 11.9 Å². The van der Waals surface area contributed by atoms with Gasteiger partial charge in [0, 0.05) is 12.6 Å². The van der Waals surface area contributed by atoms with Crippen LogP contribution < -0.4 is 10.2 Å². The number of carbonyl (C=O) groups is 3. The van der Waals surface area contributed by atoms with Gasteiger partial charge in [0.1, 0.15) is 23.7 Å². The minimum absolute atomic E-state index is 0.179. The normalized spacial score (nSPS) is 17.2. The van der Waals surface area contributed by atoms with Crippen molar-refractivity contribution in [3.63, 3.8) is 0 Å². The lowest BCUT2D eigenvalue weighted by molar-refractivity contribution is -0.104. The Balaban J connectivity index is 1.85. The Labute approximate surface area is 166 Å². The van der Waals surface area contributed by atoms with Gasteiger partial charge in [-0.1, -0.05) is 42.2 Å². The SMILES string of the molecule is CN1c2sc(C(=O)OCc3ccccc3)cc2C(C#CC=O)NC1C#CC=O. The molecule has 2 heterocycles. The molecule has 28 heavy (non-hydrogen) atoms. The highest BCUT2D eigenvalue weighted by atomic mass is 32.1. The van der Waals surface area contributed by atoms with Crippen LogP contribution in [0.3, 0.4) is 0 Å². The van der Waals surface area contributed by atoms with Crippen LogP contribution >= 0.6 is 11.3 Å². The Kier molecular flexibility index (Phi) is 6.23.